The Kier molecular flexibility index (Phi) is 3.77. The number of methoxy groups -OCH3 is 1. The maximum Gasteiger partial charge on any atom is 0.253 e. The van der Waals surface area contributed by atoms with E-state index in [2.05, 4.69) is 20.1 Å². The van der Waals surface area contributed by atoms with Crippen LogP contribution in [0.15, 0.2) is 30.3 Å². The molecule has 3 rings (SSSR count). The molecule has 0 N–H and O–H groups in total. The van der Waals surface area contributed by atoms with Gasteiger partial charge in [-0.3, -0.25) is 0 Å². The van der Waals surface area contributed by atoms with E-state index in [0.717, 1.165) is 17.0 Å². The molecule has 1 aromatic carbocycles. The van der Waals surface area contributed by atoms with E-state index < -0.39 is 0 Å². The lowest BCUT2D eigenvalue weighted by Crippen LogP contribution is -2.05. The minimum Gasteiger partial charge on any atom is -0.496 e. The highest BCUT2D eigenvalue weighted by atomic mass is 35.5. The predicted octanol–water partition coefficient (Wildman–Crippen LogP) is 3.00. The van der Waals surface area contributed by atoms with Crippen molar-refractivity contribution in [1.82, 2.24) is 24.7 Å². The monoisotopic (exact) mass is 315 g/mol. The van der Waals surface area contributed by atoms with Crippen LogP contribution in [0.4, 0.5) is 0 Å². The van der Waals surface area contributed by atoms with Gasteiger partial charge in [-0.25, -0.2) is 9.97 Å². The number of ether oxygens (including phenoxy) is 1. The van der Waals surface area contributed by atoms with Crippen molar-refractivity contribution in [2.45, 2.75) is 13.8 Å². The van der Waals surface area contributed by atoms with Crippen LogP contribution in [0, 0.1) is 13.8 Å². The lowest BCUT2D eigenvalue weighted by Gasteiger charge is -2.04. The van der Waals surface area contributed by atoms with Crippen LogP contribution in [0.1, 0.15) is 11.4 Å². The Morgan fingerprint density at radius 2 is 1.73 bits per heavy atom. The van der Waals surface area contributed by atoms with E-state index >= 15 is 0 Å². The van der Waals surface area contributed by atoms with Crippen molar-refractivity contribution in [2.24, 2.45) is 0 Å². The summed E-state index contributed by atoms with van der Waals surface area (Å²) < 4.78 is 6.75. The first-order chi connectivity index (χ1) is 10.6. The molecule has 0 spiro atoms. The summed E-state index contributed by atoms with van der Waals surface area (Å²) in [5.74, 6) is 1.54. The fourth-order valence-corrected chi connectivity index (χ4v) is 2.36. The van der Waals surface area contributed by atoms with E-state index in [1.54, 1.807) is 7.11 Å². The lowest BCUT2D eigenvalue weighted by molar-refractivity contribution is 0.416. The highest BCUT2D eigenvalue weighted by Crippen LogP contribution is 2.28. The van der Waals surface area contributed by atoms with E-state index in [0.29, 0.717) is 17.5 Å². The van der Waals surface area contributed by atoms with Gasteiger partial charge in [0, 0.05) is 11.4 Å². The second kappa shape index (κ2) is 5.73. The minimum atomic E-state index is 0.200. The van der Waals surface area contributed by atoms with Gasteiger partial charge in [0.2, 0.25) is 5.28 Å². The van der Waals surface area contributed by atoms with Gasteiger partial charge in [-0.15, -0.1) is 5.10 Å². The number of para-hydroxylation sites is 1. The van der Waals surface area contributed by atoms with E-state index in [4.69, 9.17) is 16.3 Å². The van der Waals surface area contributed by atoms with Gasteiger partial charge in [-0.05, 0) is 43.6 Å². The van der Waals surface area contributed by atoms with Crippen LogP contribution in [0.25, 0.3) is 17.3 Å². The number of aromatic nitrogens is 5. The number of benzene rings is 1. The maximum atomic E-state index is 6.20. The van der Waals surface area contributed by atoms with Gasteiger partial charge in [0.1, 0.15) is 5.75 Å². The molecule has 3 aromatic rings. The molecule has 2 heterocycles. The van der Waals surface area contributed by atoms with Crippen LogP contribution < -0.4 is 4.74 Å². The zero-order chi connectivity index (χ0) is 15.7. The highest BCUT2D eigenvalue weighted by Gasteiger charge is 2.16. The van der Waals surface area contributed by atoms with Crippen molar-refractivity contribution < 1.29 is 4.74 Å². The van der Waals surface area contributed by atoms with Gasteiger partial charge in [0.15, 0.2) is 5.82 Å². The standard InChI is InChI=1S/C15H14ClN5O/c1-9-8-10(2)18-15(17-9)21-14(16)19-13(20-21)11-6-4-5-7-12(11)22-3/h4-8H,1-3H3. The number of hydrogen-bond acceptors (Lipinski definition) is 5. The molecular weight excluding hydrogens is 302 g/mol. The fourth-order valence-electron chi connectivity index (χ4n) is 2.17. The molecule has 0 saturated carbocycles. The first-order valence-electron chi connectivity index (χ1n) is 6.67. The molecule has 7 heteroatoms. The summed E-state index contributed by atoms with van der Waals surface area (Å²) in [5.41, 5.74) is 2.44. The van der Waals surface area contributed by atoms with Crippen molar-refractivity contribution in [2.75, 3.05) is 7.11 Å². The largest absolute Gasteiger partial charge is 0.496 e. The molecule has 0 amide bonds. The number of rotatable bonds is 3. The number of hydrogen-bond donors (Lipinski definition) is 0. The molecule has 0 unspecified atom stereocenters. The third-order valence-electron chi connectivity index (χ3n) is 3.08. The van der Waals surface area contributed by atoms with Crippen molar-refractivity contribution in [3.8, 4) is 23.1 Å². The van der Waals surface area contributed by atoms with Gasteiger partial charge in [0.25, 0.3) is 5.95 Å². The van der Waals surface area contributed by atoms with E-state index in [9.17, 15) is 0 Å². The number of aryl methyl sites for hydroxylation is 2. The SMILES string of the molecule is COc1ccccc1-c1nc(Cl)n(-c2nc(C)cc(C)n2)n1. The quantitative estimate of drug-likeness (QED) is 0.743. The Morgan fingerprint density at radius 3 is 2.41 bits per heavy atom. The first-order valence-corrected chi connectivity index (χ1v) is 7.05. The summed E-state index contributed by atoms with van der Waals surface area (Å²) in [7, 11) is 1.60. The molecule has 22 heavy (non-hydrogen) atoms. The Hall–Kier alpha value is -2.47. The summed E-state index contributed by atoms with van der Waals surface area (Å²) in [4.78, 5) is 13.0. The van der Waals surface area contributed by atoms with Gasteiger partial charge >= 0.3 is 0 Å². The van der Waals surface area contributed by atoms with Crippen molar-refractivity contribution in [3.05, 3.63) is 47.0 Å². The molecular formula is C15H14ClN5O. The van der Waals surface area contributed by atoms with Crippen molar-refractivity contribution in [3.63, 3.8) is 0 Å². The topological polar surface area (TPSA) is 65.7 Å². The first kappa shape index (κ1) is 14.5. The Balaban J connectivity index is 2.11. The summed E-state index contributed by atoms with van der Waals surface area (Å²) >= 11 is 6.20. The van der Waals surface area contributed by atoms with Crippen LogP contribution in [-0.4, -0.2) is 31.8 Å². The average Bonchev–Trinajstić information content (AvgIpc) is 2.88. The van der Waals surface area contributed by atoms with Gasteiger partial charge in [-0.1, -0.05) is 12.1 Å². The molecule has 0 bridgehead atoms. The summed E-state index contributed by atoms with van der Waals surface area (Å²) in [6.07, 6.45) is 0. The molecule has 0 saturated heterocycles. The van der Waals surface area contributed by atoms with Gasteiger partial charge in [0.05, 0.1) is 12.7 Å². The van der Waals surface area contributed by atoms with Crippen LogP contribution >= 0.6 is 11.6 Å². The number of nitrogens with zero attached hydrogens (tertiary/aromatic N) is 5. The molecule has 0 aliphatic heterocycles. The average molecular weight is 316 g/mol. The molecule has 0 aliphatic carbocycles. The molecule has 2 aromatic heterocycles. The van der Waals surface area contributed by atoms with Gasteiger partial charge in [-0.2, -0.15) is 9.67 Å². The van der Waals surface area contributed by atoms with Crippen molar-refractivity contribution in [1.29, 1.82) is 0 Å². The summed E-state index contributed by atoms with van der Waals surface area (Å²) in [5, 5.41) is 4.61. The van der Waals surface area contributed by atoms with Crippen LogP contribution in [-0.2, 0) is 0 Å². The molecule has 0 atom stereocenters. The second-order valence-electron chi connectivity index (χ2n) is 4.77. The molecule has 0 radical (unpaired) electrons. The Bertz CT molecular complexity index is 810. The predicted molar refractivity (Wildman–Crippen MR) is 83.4 cm³/mol. The Labute approximate surface area is 132 Å². The third-order valence-corrected chi connectivity index (χ3v) is 3.32. The smallest absolute Gasteiger partial charge is 0.253 e. The molecule has 0 aliphatic rings. The molecule has 0 fully saturated rings. The summed E-state index contributed by atoms with van der Waals surface area (Å²) in [6, 6.07) is 9.37. The fraction of sp³-hybridized carbons (Fsp3) is 0.200. The number of halogens is 1. The van der Waals surface area contributed by atoms with Gasteiger partial charge < -0.3 is 4.74 Å². The Morgan fingerprint density at radius 1 is 1.05 bits per heavy atom. The molecule has 112 valence electrons. The zero-order valence-electron chi connectivity index (χ0n) is 12.4. The normalized spacial score (nSPS) is 10.7. The zero-order valence-corrected chi connectivity index (χ0v) is 13.2. The van der Waals surface area contributed by atoms with E-state index in [-0.39, 0.29) is 5.28 Å². The van der Waals surface area contributed by atoms with E-state index in [1.807, 2.05) is 44.2 Å². The minimum absolute atomic E-state index is 0.200. The second-order valence-corrected chi connectivity index (χ2v) is 5.11. The highest BCUT2D eigenvalue weighted by molar-refractivity contribution is 6.28. The lowest BCUT2D eigenvalue weighted by atomic mass is 10.2. The van der Waals surface area contributed by atoms with E-state index in [1.165, 1.54) is 4.68 Å². The third kappa shape index (κ3) is 2.65. The molecule has 6 nitrogen and oxygen atoms in total. The van der Waals surface area contributed by atoms with Crippen LogP contribution in [0.2, 0.25) is 5.28 Å². The van der Waals surface area contributed by atoms with Crippen molar-refractivity contribution >= 4 is 11.6 Å². The van der Waals surface area contributed by atoms with Crippen LogP contribution in [0.5, 0.6) is 5.75 Å². The summed E-state index contributed by atoms with van der Waals surface area (Å²) in [6.45, 7) is 3.79. The maximum absolute atomic E-state index is 6.20. The van der Waals surface area contributed by atoms with Crippen LogP contribution in [0.3, 0.4) is 0 Å².